The highest BCUT2D eigenvalue weighted by Crippen LogP contribution is 2.17. The average molecular weight is 232 g/mol. The maximum absolute atomic E-state index is 5.25. The minimum atomic E-state index is 0.464. The topological polar surface area (TPSA) is 24.1 Å². The second kappa shape index (κ2) is 6.51. The van der Waals surface area contributed by atoms with Gasteiger partial charge in [0.2, 0.25) is 0 Å². The Morgan fingerprint density at radius 3 is 2.71 bits per heavy atom. The van der Waals surface area contributed by atoms with Crippen LogP contribution in [-0.2, 0) is 0 Å². The number of thioether (sulfide) groups is 1. The third kappa shape index (κ3) is 4.51. The lowest BCUT2D eigenvalue weighted by atomic mass is 10.2. The fourth-order valence-corrected chi connectivity index (χ4v) is 2.76. The highest BCUT2D eigenvalue weighted by atomic mass is 32.2. The van der Waals surface area contributed by atoms with E-state index in [1.165, 1.54) is 25.7 Å². The second-order valence-electron chi connectivity index (χ2n) is 3.96. The van der Waals surface area contributed by atoms with Gasteiger partial charge in [-0.25, -0.2) is 0 Å². The molecule has 0 spiro atoms. The minimum Gasteiger partial charge on any atom is -0.360 e. The molecule has 4 heteroatoms. The van der Waals surface area contributed by atoms with Gasteiger partial charge in [0.05, 0.1) is 0 Å². The molecular weight excluding hydrogens is 212 g/mol. The van der Waals surface area contributed by atoms with E-state index in [0.717, 1.165) is 10.9 Å². The molecule has 0 aromatic heterocycles. The van der Waals surface area contributed by atoms with Crippen LogP contribution >= 0.6 is 24.0 Å². The first-order valence-electron chi connectivity index (χ1n) is 5.28. The van der Waals surface area contributed by atoms with Crippen LogP contribution in [0.15, 0.2) is 0 Å². The molecule has 1 unspecified atom stereocenters. The van der Waals surface area contributed by atoms with Crippen molar-refractivity contribution in [1.29, 1.82) is 0 Å². The molecule has 0 aromatic carbocycles. The van der Waals surface area contributed by atoms with Gasteiger partial charge in [-0.2, -0.15) is 11.8 Å². The molecule has 0 amide bonds. The van der Waals surface area contributed by atoms with Gasteiger partial charge >= 0.3 is 0 Å². The Balaban J connectivity index is 2.14. The largest absolute Gasteiger partial charge is 0.360 e. The van der Waals surface area contributed by atoms with Crippen molar-refractivity contribution in [3.05, 3.63) is 0 Å². The monoisotopic (exact) mass is 232 g/mol. The summed E-state index contributed by atoms with van der Waals surface area (Å²) < 4.78 is 0. The van der Waals surface area contributed by atoms with Crippen LogP contribution in [0.3, 0.4) is 0 Å². The van der Waals surface area contributed by atoms with E-state index in [0.29, 0.717) is 12.1 Å². The molecule has 0 aliphatic heterocycles. The zero-order chi connectivity index (χ0) is 10.4. The summed E-state index contributed by atoms with van der Waals surface area (Å²) in [7, 11) is 0. The van der Waals surface area contributed by atoms with Crippen LogP contribution < -0.4 is 10.6 Å². The summed E-state index contributed by atoms with van der Waals surface area (Å²) in [5.41, 5.74) is 0. The van der Waals surface area contributed by atoms with Crippen molar-refractivity contribution in [3.63, 3.8) is 0 Å². The highest BCUT2D eigenvalue weighted by Gasteiger charge is 2.15. The number of nitrogens with one attached hydrogen (secondary N) is 2. The molecule has 1 atom stereocenters. The van der Waals surface area contributed by atoms with Crippen molar-refractivity contribution < 1.29 is 0 Å². The smallest absolute Gasteiger partial charge is 0.166 e. The molecule has 1 rings (SSSR count). The molecule has 1 saturated carbocycles. The fourth-order valence-electron chi connectivity index (χ4n) is 1.81. The third-order valence-corrected chi connectivity index (χ3v) is 3.55. The van der Waals surface area contributed by atoms with Crippen LogP contribution in [0, 0.1) is 0 Å². The Morgan fingerprint density at radius 2 is 2.14 bits per heavy atom. The maximum atomic E-state index is 5.25. The first-order valence-corrected chi connectivity index (χ1v) is 7.08. The van der Waals surface area contributed by atoms with Crippen molar-refractivity contribution in [2.75, 3.05) is 12.0 Å². The van der Waals surface area contributed by atoms with Crippen molar-refractivity contribution in [3.8, 4) is 0 Å². The summed E-state index contributed by atoms with van der Waals surface area (Å²) in [6.45, 7) is 2.17. The molecule has 0 radical (unpaired) electrons. The normalized spacial score (nSPS) is 19.3. The lowest BCUT2D eigenvalue weighted by Crippen LogP contribution is -2.45. The van der Waals surface area contributed by atoms with E-state index in [1.54, 1.807) is 0 Å². The average Bonchev–Trinajstić information content (AvgIpc) is 2.56. The predicted octanol–water partition coefficient (Wildman–Crippen LogP) is 2.14. The fraction of sp³-hybridized carbons (Fsp3) is 0.900. The summed E-state index contributed by atoms with van der Waals surface area (Å²) in [5.74, 6) is 1.10. The van der Waals surface area contributed by atoms with Gasteiger partial charge in [-0.3, -0.25) is 0 Å². The first-order chi connectivity index (χ1) is 6.72. The van der Waals surface area contributed by atoms with Crippen LogP contribution in [0.5, 0.6) is 0 Å². The number of thiocarbonyl (C=S) groups is 1. The van der Waals surface area contributed by atoms with Gasteiger partial charge in [-0.05, 0) is 38.2 Å². The quantitative estimate of drug-likeness (QED) is 0.725. The summed E-state index contributed by atoms with van der Waals surface area (Å²) in [4.78, 5) is 0. The summed E-state index contributed by atoms with van der Waals surface area (Å²) >= 11 is 7.09. The molecule has 1 fully saturated rings. The van der Waals surface area contributed by atoms with Gasteiger partial charge < -0.3 is 10.6 Å². The molecule has 0 heterocycles. The molecular formula is C10H20N2S2. The zero-order valence-electron chi connectivity index (χ0n) is 9.01. The van der Waals surface area contributed by atoms with Gasteiger partial charge in [-0.1, -0.05) is 12.8 Å². The Bertz CT molecular complexity index is 179. The van der Waals surface area contributed by atoms with E-state index in [4.69, 9.17) is 12.2 Å². The van der Waals surface area contributed by atoms with Gasteiger partial charge in [0, 0.05) is 17.8 Å². The molecule has 1 aliphatic rings. The zero-order valence-corrected chi connectivity index (χ0v) is 10.6. The van der Waals surface area contributed by atoms with Crippen molar-refractivity contribution >= 4 is 29.1 Å². The van der Waals surface area contributed by atoms with Crippen LogP contribution in [0.4, 0.5) is 0 Å². The minimum absolute atomic E-state index is 0.464. The Kier molecular flexibility index (Phi) is 5.63. The van der Waals surface area contributed by atoms with E-state index < -0.39 is 0 Å². The molecule has 2 nitrogen and oxygen atoms in total. The SMILES string of the molecule is CSCC(C)NC(=S)NC1CCCC1. The van der Waals surface area contributed by atoms with Crippen molar-refractivity contribution in [2.45, 2.75) is 44.7 Å². The molecule has 14 heavy (non-hydrogen) atoms. The standard InChI is InChI=1S/C10H20N2S2/c1-8(7-14-2)11-10(13)12-9-5-3-4-6-9/h8-9H,3-7H2,1-2H3,(H2,11,12,13). The maximum Gasteiger partial charge on any atom is 0.166 e. The molecule has 0 saturated heterocycles. The molecule has 1 aliphatic carbocycles. The second-order valence-corrected chi connectivity index (χ2v) is 5.27. The number of hydrogen-bond acceptors (Lipinski definition) is 2. The van der Waals surface area contributed by atoms with E-state index in [2.05, 4.69) is 23.8 Å². The summed E-state index contributed by atoms with van der Waals surface area (Å²) in [5, 5.41) is 7.52. The number of rotatable bonds is 4. The summed E-state index contributed by atoms with van der Waals surface area (Å²) in [6.07, 6.45) is 7.37. The number of hydrogen-bond donors (Lipinski definition) is 2. The van der Waals surface area contributed by atoms with Gasteiger partial charge in [-0.15, -0.1) is 0 Å². The van der Waals surface area contributed by atoms with E-state index in [1.807, 2.05) is 11.8 Å². The van der Waals surface area contributed by atoms with Gasteiger partial charge in [0.1, 0.15) is 0 Å². The highest BCUT2D eigenvalue weighted by molar-refractivity contribution is 7.98. The van der Waals surface area contributed by atoms with E-state index in [-0.39, 0.29) is 0 Å². The van der Waals surface area contributed by atoms with Crippen LogP contribution in [-0.4, -0.2) is 29.2 Å². The molecule has 0 bridgehead atoms. The third-order valence-electron chi connectivity index (χ3n) is 2.48. The Morgan fingerprint density at radius 1 is 1.50 bits per heavy atom. The van der Waals surface area contributed by atoms with Crippen molar-refractivity contribution in [2.24, 2.45) is 0 Å². The van der Waals surface area contributed by atoms with Gasteiger partial charge in [0.15, 0.2) is 5.11 Å². The van der Waals surface area contributed by atoms with Gasteiger partial charge in [0.25, 0.3) is 0 Å². The Hall–Kier alpha value is 0.0400. The summed E-state index contributed by atoms with van der Waals surface area (Å²) in [6, 6.07) is 1.09. The van der Waals surface area contributed by atoms with E-state index in [9.17, 15) is 0 Å². The van der Waals surface area contributed by atoms with Crippen molar-refractivity contribution in [1.82, 2.24) is 10.6 Å². The molecule has 0 aromatic rings. The molecule has 82 valence electrons. The van der Waals surface area contributed by atoms with Crippen LogP contribution in [0.1, 0.15) is 32.6 Å². The first kappa shape index (κ1) is 12.1. The predicted molar refractivity (Wildman–Crippen MR) is 69.0 cm³/mol. The lowest BCUT2D eigenvalue weighted by Gasteiger charge is -2.19. The molecule has 2 N–H and O–H groups in total. The van der Waals surface area contributed by atoms with Crippen LogP contribution in [0.25, 0.3) is 0 Å². The van der Waals surface area contributed by atoms with E-state index >= 15 is 0 Å². The lowest BCUT2D eigenvalue weighted by molar-refractivity contribution is 0.610. The Labute approximate surface area is 96.6 Å². The van der Waals surface area contributed by atoms with Crippen LogP contribution in [0.2, 0.25) is 0 Å².